The number of fused-ring (bicyclic) bond motifs is 1. The number of halogens is 1. The van der Waals surface area contributed by atoms with Crippen molar-refractivity contribution in [2.45, 2.75) is 32.8 Å². The smallest absolute Gasteiger partial charge is 0.410 e. The largest absolute Gasteiger partial charge is 0.444 e. The second kappa shape index (κ2) is 6.79. The first-order valence-electron chi connectivity index (χ1n) is 8.55. The van der Waals surface area contributed by atoms with Gasteiger partial charge >= 0.3 is 6.09 Å². The predicted molar refractivity (Wildman–Crippen MR) is 100 cm³/mol. The molecule has 1 saturated heterocycles. The molecule has 26 heavy (non-hydrogen) atoms. The fourth-order valence-corrected chi connectivity index (χ4v) is 3.13. The fraction of sp³-hybridized carbons (Fsp3) is 0.500. The van der Waals surface area contributed by atoms with Crippen molar-refractivity contribution in [1.29, 1.82) is 0 Å². The molecule has 8 heteroatoms. The maximum Gasteiger partial charge on any atom is 0.410 e. The van der Waals surface area contributed by atoms with Gasteiger partial charge in [0.25, 0.3) is 0 Å². The van der Waals surface area contributed by atoms with Gasteiger partial charge in [-0.2, -0.15) is 0 Å². The number of nitrogens with one attached hydrogen (secondary N) is 1. The summed E-state index contributed by atoms with van der Waals surface area (Å²) < 4.78 is 7.17. The average molecular weight is 379 g/mol. The monoisotopic (exact) mass is 378 g/mol. The van der Waals surface area contributed by atoms with E-state index in [0.717, 1.165) is 11.0 Å². The number of aromatic nitrogens is 2. The number of carbonyl (C=O) groups excluding carboxylic acids is 2. The Balaban J connectivity index is 1.66. The van der Waals surface area contributed by atoms with Crippen LogP contribution in [-0.4, -0.2) is 45.1 Å². The summed E-state index contributed by atoms with van der Waals surface area (Å²) in [7, 11) is 1.83. The number of benzene rings is 1. The van der Waals surface area contributed by atoms with Gasteiger partial charge in [0.05, 0.1) is 17.0 Å². The SMILES string of the molecule is Cn1c(NC(=O)[C@H]2CCN(C(=O)OC(C)(C)C)C2)nc2cc(Cl)ccc21. The topological polar surface area (TPSA) is 76.5 Å². The summed E-state index contributed by atoms with van der Waals surface area (Å²) in [6.45, 7) is 6.32. The lowest BCUT2D eigenvalue weighted by atomic mass is 10.1. The highest BCUT2D eigenvalue weighted by Crippen LogP contribution is 2.24. The summed E-state index contributed by atoms with van der Waals surface area (Å²) in [6.07, 6.45) is 0.214. The van der Waals surface area contributed by atoms with Crippen LogP contribution >= 0.6 is 11.6 Å². The van der Waals surface area contributed by atoms with Crippen LogP contribution in [0.1, 0.15) is 27.2 Å². The van der Waals surface area contributed by atoms with E-state index in [4.69, 9.17) is 16.3 Å². The molecular formula is C18H23ClN4O3. The van der Waals surface area contributed by atoms with Crippen molar-refractivity contribution < 1.29 is 14.3 Å². The summed E-state index contributed by atoms with van der Waals surface area (Å²) in [5.74, 6) is 0.0227. The number of hydrogen-bond donors (Lipinski definition) is 1. The Bertz CT molecular complexity index is 856. The molecular weight excluding hydrogens is 356 g/mol. The molecule has 0 unspecified atom stereocenters. The van der Waals surface area contributed by atoms with Crippen LogP contribution in [0.15, 0.2) is 18.2 Å². The molecule has 1 atom stereocenters. The molecule has 0 radical (unpaired) electrons. The number of nitrogens with zero attached hydrogens (tertiary/aromatic N) is 3. The van der Waals surface area contributed by atoms with Crippen molar-refractivity contribution in [2.24, 2.45) is 13.0 Å². The summed E-state index contributed by atoms with van der Waals surface area (Å²) >= 11 is 6.00. The second-order valence-corrected chi connectivity index (χ2v) is 7.97. The van der Waals surface area contributed by atoms with Crippen LogP contribution in [0.5, 0.6) is 0 Å². The first-order valence-corrected chi connectivity index (χ1v) is 8.92. The second-order valence-electron chi connectivity index (χ2n) is 7.53. The molecule has 0 saturated carbocycles. The number of anilines is 1. The van der Waals surface area contributed by atoms with E-state index in [9.17, 15) is 9.59 Å². The van der Waals surface area contributed by atoms with E-state index in [1.807, 2.05) is 38.5 Å². The zero-order chi connectivity index (χ0) is 19.1. The minimum atomic E-state index is -0.550. The Hall–Kier alpha value is -2.28. The summed E-state index contributed by atoms with van der Waals surface area (Å²) in [6, 6.07) is 5.40. The van der Waals surface area contributed by atoms with E-state index in [0.29, 0.717) is 30.5 Å². The molecule has 1 aliphatic rings. The summed E-state index contributed by atoms with van der Waals surface area (Å²) in [4.78, 5) is 30.7. The van der Waals surface area contributed by atoms with Gasteiger partial charge in [0, 0.05) is 25.2 Å². The quantitative estimate of drug-likeness (QED) is 0.868. The molecule has 1 fully saturated rings. The maximum absolute atomic E-state index is 12.6. The van der Waals surface area contributed by atoms with Crippen LogP contribution in [0.4, 0.5) is 10.7 Å². The van der Waals surface area contributed by atoms with Crippen molar-refractivity contribution in [3.05, 3.63) is 23.2 Å². The lowest BCUT2D eigenvalue weighted by Crippen LogP contribution is -2.36. The van der Waals surface area contributed by atoms with E-state index in [1.165, 1.54) is 0 Å². The van der Waals surface area contributed by atoms with Crippen LogP contribution in [0.25, 0.3) is 11.0 Å². The third-order valence-corrected chi connectivity index (χ3v) is 4.52. The summed E-state index contributed by atoms with van der Waals surface area (Å²) in [5.41, 5.74) is 1.05. The molecule has 2 amide bonds. The zero-order valence-corrected chi connectivity index (χ0v) is 16.1. The molecule has 1 N–H and O–H groups in total. The van der Waals surface area contributed by atoms with Gasteiger partial charge in [-0.05, 0) is 45.4 Å². The first kappa shape index (κ1) is 18.5. The predicted octanol–water partition coefficient (Wildman–Crippen LogP) is 3.42. The lowest BCUT2D eigenvalue weighted by Gasteiger charge is -2.24. The Morgan fingerprint density at radius 3 is 2.77 bits per heavy atom. The minimum absolute atomic E-state index is 0.152. The van der Waals surface area contributed by atoms with Gasteiger partial charge in [0.2, 0.25) is 11.9 Å². The lowest BCUT2D eigenvalue weighted by molar-refractivity contribution is -0.119. The van der Waals surface area contributed by atoms with Crippen molar-refractivity contribution >= 4 is 40.6 Å². The van der Waals surface area contributed by atoms with Crippen molar-refractivity contribution in [3.8, 4) is 0 Å². The number of carbonyl (C=O) groups is 2. The summed E-state index contributed by atoms with van der Waals surface area (Å²) in [5, 5.41) is 3.45. The Morgan fingerprint density at radius 1 is 1.35 bits per heavy atom. The fourth-order valence-electron chi connectivity index (χ4n) is 2.96. The van der Waals surface area contributed by atoms with Crippen molar-refractivity contribution in [2.75, 3.05) is 18.4 Å². The highest BCUT2D eigenvalue weighted by atomic mass is 35.5. The van der Waals surface area contributed by atoms with Gasteiger partial charge in [-0.15, -0.1) is 0 Å². The first-order chi connectivity index (χ1) is 12.1. The van der Waals surface area contributed by atoms with Crippen molar-refractivity contribution in [1.82, 2.24) is 14.5 Å². The van der Waals surface area contributed by atoms with Gasteiger partial charge in [-0.3, -0.25) is 10.1 Å². The average Bonchev–Trinajstić information content (AvgIpc) is 3.12. The Morgan fingerprint density at radius 2 is 2.08 bits per heavy atom. The third-order valence-electron chi connectivity index (χ3n) is 4.29. The maximum atomic E-state index is 12.6. The molecule has 0 aliphatic carbocycles. The van der Waals surface area contributed by atoms with Gasteiger partial charge < -0.3 is 14.2 Å². The minimum Gasteiger partial charge on any atom is -0.444 e. The number of amides is 2. The van der Waals surface area contributed by atoms with E-state index >= 15 is 0 Å². The highest BCUT2D eigenvalue weighted by Gasteiger charge is 2.33. The van der Waals surface area contributed by atoms with E-state index < -0.39 is 5.60 Å². The zero-order valence-electron chi connectivity index (χ0n) is 15.4. The molecule has 1 aliphatic heterocycles. The van der Waals surface area contributed by atoms with Gasteiger partial charge in [0.1, 0.15) is 5.60 Å². The van der Waals surface area contributed by atoms with Crippen LogP contribution in [0.3, 0.4) is 0 Å². The normalized spacial score (nSPS) is 17.6. The van der Waals surface area contributed by atoms with Gasteiger partial charge in [-0.25, -0.2) is 9.78 Å². The van der Waals surface area contributed by atoms with Gasteiger partial charge in [0.15, 0.2) is 0 Å². The van der Waals surface area contributed by atoms with Crippen LogP contribution in [0, 0.1) is 5.92 Å². The van der Waals surface area contributed by atoms with E-state index in [1.54, 1.807) is 17.0 Å². The number of hydrogen-bond acceptors (Lipinski definition) is 4. The number of ether oxygens (including phenoxy) is 1. The molecule has 1 aromatic heterocycles. The molecule has 2 heterocycles. The van der Waals surface area contributed by atoms with Crippen molar-refractivity contribution in [3.63, 3.8) is 0 Å². The Kier molecular flexibility index (Phi) is 4.84. The molecule has 2 aromatic rings. The third kappa shape index (κ3) is 3.93. The molecule has 140 valence electrons. The standard InChI is InChI=1S/C18H23ClN4O3/c1-18(2,3)26-17(25)23-8-7-11(10-23)15(24)21-16-20-13-9-12(19)5-6-14(13)22(16)4/h5-6,9,11H,7-8,10H2,1-4H3,(H,20,21,24)/t11-/m0/s1. The van der Waals surface area contributed by atoms with E-state index in [2.05, 4.69) is 10.3 Å². The molecule has 0 bridgehead atoms. The van der Waals surface area contributed by atoms with Gasteiger partial charge in [-0.1, -0.05) is 11.6 Å². The van der Waals surface area contributed by atoms with Crippen LogP contribution in [-0.2, 0) is 16.6 Å². The molecule has 7 nitrogen and oxygen atoms in total. The Labute approximate surface area is 157 Å². The molecule has 3 rings (SSSR count). The number of imidazole rings is 1. The highest BCUT2D eigenvalue weighted by molar-refractivity contribution is 6.31. The molecule has 1 aromatic carbocycles. The molecule has 0 spiro atoms. The number of likely N-dealkylation sites (tertiary alicyclic amines) is 1. The number of aryl methyl sites for hydroxylation is 1. The van der Waals surface area contributed by atoms with E-state index in [-0.39, 0.29) is 17.9 Å². The van der Waals surface area contributed by atoms with Crippen LogP contribution in [0.2, 0.25) is 5.02 Å². The number of rotatable bonds is 2. The van der Waals surface area contributed by atoms with Crippen LogP contribution < -0.4 is 5.32 Å².